The van der Waals surface area contributed by atoms with E-state index < -0.39 is 0 Å². The predicted octanol–water partition coefficient (Wildman–Crippen LogP) is 1.60. The molecule has 0 unspecified atom stereocenters. The summed E-state index contributed by atoms with van der Waals surface area (Å²) in [5, 5.41) is 10.2. The Balaban J connectivity index is 1.83. The third kappa shape index (κ3) is 3.74. The van der Waals surface area contributed by atoms with Gasteiger partial charge in [-0.15, -0.1) is 10.2 Å². The van der Waals surface area contributed by atoms with Crippen LogP contribution in [0.2, 0.25) is 0 Å². The fourth-order valence-electron chi connectivity index (χ4n) is 1.61. The molecule has 20 heavy (non-hydrogen) atoms. The van der Waals surface area contributed by atoms with Crippen LogP contribution >= 0.6 is 0 Å². The van der Waals surface area contributed by atoms with Crippen LogP contribution in [0.3, 0.4) is 0 Å². The van der Waals surface area contributed by atoms with E-state index in [2.05, 4.69) is 15.5 Å². The standard InChI is InChI=1S/C14H14FN3O2/c1-20-13-7-6-12(17-18-13)14(19)16-9-8-10-2-4-11(15)5-3-10/h2-7H,8-9H2,1H3,(H,16,19). The number of hydrogen-bond acceptors (Lipinski definition) is 4. The lowest BCUT2D eigenvalue weighted by atomic mass is 10.1. The van der Waals surface area contributed by atoms with Crippen LogP contribution < -0.4 is 10.1 Å². The van der Waals surface area contributed by atoms with Gasteiger partial charge in [-0.3, -0.25) is 4.79 Å². The third-order valence-corrected chi connectivity index (χ3v) is 2.69. The molecule has 5 nitrogen and oxygen atoms in total. The zero-order valence-corrected chi connectivity index (χ0v) is 11.0. The smallest absolute Gasteiger partial charge is 0.271 e. The monoisotopic (exact) mass is 275 g/mol. The average Bonchev–Trinajstić information content (AvgIpc) is 2.49. The number of methoxy groups -OCH3 is 1. The first-order chi connectivity index (χ1) is 9.69. The summed E-state index contributed by atoms with van der Waals surface area (Å²) in [6.07, 6.45) is 0.621. The van der Waals surface area contributed by atoms with Crippen molar-refractivity contribution >= 4 is 5.91 Å². The van der Waals surface area contributed by atoms with Crippen LogP contribution in [0.5, 0.6) is 5.88 Å². The number of halogens is 1. The molecule has 1 heterocycles. The molecule has 0 radical (unpaired) electrons. The summed E-state index contributed by atoms with van der Waals surface area (Å²) in [6, 6.07) is 9.28. The highest BCUT2D eigenvalue weighted by Crippen LogP contribution is 2.04. The van der Waals surface area contributed by atoms with Crippen molar-refractivity contribution in [1.82, 2.24) is 15.5 Å². The zero-order valence-electron chi connectivity index (χ0n) is 11.0. The minimum atomic E-state index is -0.303. The number of ether oxygens (including phenoxy) is 1. The minimum absolute atomic E-state index is 0.227. The molecule has 0 saturated carbocycles. The zero-order chi connectivity index (χ0) is 14.4. The SMILES string of the molecule is COc1ccc(C(=O)NCCc2ccc(F)cc2)nn1. The van der Waals surface area contributed by atoms with Gasteiger partial charge in [0.1, 0.15) is 5.82 Å². The van der Waals surface area contributed by atoms with Gasteiger partial charge in [0.05, 0.1) is 7.11 Å². The molecule has 0 aliphatic rings. The van der Waals surface area contributed by atoms with E-state index in [4.69, 9.17) is 4.74 Å². The van der Waals surface area contributed by atoms with Crippen molar-refractivity contribution in [2.45, 2.75) is 6.42 Å². The summed E-state index contributed by atoms with van der Waals surface area (Å²) < 4.78 is 17.6. The first-order valence-corrected chi connectivity index (χ1v) is 6.09. The van der Waals surface area contributed by atoms with E-state index in [0.29, 0.717) is 18.8 Å². The van der Waals surface area contributed by atoms with Crippen LogP contribution in [0.4, 0.5) is 4.39 Å². The molecule has 0 saturated heterocycles. The van der Waals surface area contributed by atoms with E-state index >= 15 is 0 Å². The van der Waals surface area contributed by atoms with Crippen molar-refractivity contribution in [3.05, 3.63) is 53.5 Å². The molecule has 0 fully saturated rings. The van der Waals surface area contributed by atoms with Gasteiger partial charge >= 0.3 is 0 Å². The van der Waals surface area contributed by atoms with Crippen LogP contribution in [-0.4, -0.2) is 29.8 Å². The van der Waals surface area contributed by atoms with E-state index in [9.17, 15) is 9.18 Å². The molecule has 104 valence electrons. The number of hydrogen-bond donors (Lipinski definition) is 1. The Morgan fingerprint density at radius 2 is 1.95 bits per heavy atom. The topological polar surface area (TPSA) is 64.1 Å². The Labute approximate surface area is 115 Å². The summed E-state index contributed by atoms with van der Waals surface area (Å²) in [4.78, 5) is 11.8. The molecule has 1 amide bonds. The summed E-state index contributed by atoms with van der Waals surface area (Å²) in [6.45, 7) is 0.443. The minimum Gasteiger partial charge on any atom is -0.480 e. The quantitative estimate of drug-likeness (QED) is 0.900. The number of nitrogens with zero attached hydrogens (tertiary/aromatic N) is 2. The lowest BCUT2D eigenvalue weighted by Gasteiger charge is -2.05. The highest BCUT2D eigenvalue weighted by Gasteiger charge is 2.07. The Hall–Kier alpha value is -2.50. The van der Waals surface area contributed by atoms with Gasteiger partial charge in [0.2, 0.25) is 5.88 Å². The maximum absolute atomic E-state index is 12.7. The molecule has 1 aromatic carbocycles. The molecule has 0 spiro atoms. The van der Waals surface area contributed by atoms with Crippen LogP contribution in [0.1, 0.15) is 16.1 Å². The molecule has 0 aliphatic heterocycles. The largest absolute Gasteiger partial charge is 0.480 e. The lowest BCUT2D eigenvalue weighted by molar-refractivity contribution is 0.0948. The third-order valence-electron chi connectivity index (χ3n) is 2.69. The Bertz CT molecular complexity index is 570. The van der Waals surface area contributed by atoms with Crippen molar-refractivity contribution in [2.24, 2.45) is 0 Å². The number of benzene rings is 1. The first kappa shape index (κ1) is 13.9. The fraction of sp³-hybridized carbons (Fsp3) is 0.214. The Morgan fingerprint density at radius 1 is 1.20 bits per heavy atom. The number of carbonyl (C=O) groups is 1. The number of amides is 1. The molecular weight excluding hydrogens is 261 g/mol. The summed E-state index contributed by atoms with van der Waals surface area (Å²) >= 11 is 0. The van der Waals surface area contributed by atoms with E-state index in [1.807, 2.05) is 0 Å². The van der Waals surface area contributed by atoms with Gasteiger partial charge in [0, 0.05) is 12.6 Å². The molecular formula is C14H14FN3O2. The maximum atomic E-state index is 12.7. The van der Waals surface area contributed by atoms with Crippen LogP contribution in [0.15, 0.2) is 36.4 Å². The summed E-state index contributed by atoms with van der Waals surface area (Å²) in [5.74, 6) is -0.221. The van der Waals surface area contributed by atoms with Crippen molar-refractivity contribution in [2.75, 3.05) is 13.7 Å². The fourth-order valence-corrected chi connectivity index (χ4v) is 1.61. The Kier molecular flexibility index (Phi) is 4.60. The van der Waals surface area contributed by atoms with E-state index in [1.165, 1.54) is 19.2 Å². The molecule has 2 rings (SSSR count). The van der Waals surface area contributed by atoms with E-state index in [-0.39, 0.29) is 17.4 Å². The van der Waals surface area contributed by atoms with Crippen LogP contribution in [0.25, 0.3) is 0 Å². The summed E-state index contributed by atoms with van der Waals surface area (Å²) in [5.41, 5.74) is 1.18. The van der Waals surface area contributed by atoms with Crippen molar-refractivity contribution in [3.63, 3.8) is 0 Å². The second kappa shape index (κ2) is 6.60. The van der Waals surface area contributed by atoms with Crippen molar-refractivity contribution in [3.8, 4) is 5.88 Å². The molecule has 1 aromatic heterocycles. The molecule has 1 N–H and O–H groups in total. The van der Waals surface area contributed by atoms with Gasteiger partial charge in [-0.25, -0.2) is 4.39 Å². The van der Waals surface area contributed by atoms with Gasteiger partial charge in [0.15, 0.2) is 5.69 Å². The number of nitrogens with one attached hydrogen (secondary N) is 1. The number of rotatable bonds is 5. The van der Waals surface area contributed by atoms with E-state index in [1.54, 1.807) is 24.3 Å². The second-order valence-corrected chi connectivity index (χ2v) is 4.09. The van der Waals surface area contributed by atoms with Gasteiger partial charge in [-0.1, -0.05) is 12.1 Å². The van der Waals surface area contributed by atoms with Gasteiger partial charge in [-0.2, -0.15) is 0 Å². The lowest BCUT2D eigenvalue weighted by Crippen LogP contribution is -2.26. The molecule has 0 aliphatic carbocycles. The van der Waals surface area contributed by atoms with Crippen LogP contribution in [0, 0.1) is 5.82 Å². The average molecular weight is 275 g/mol. The number of aromatic nitrogens is 2. The predicted molar refractivity (Wildman–Crippen MR) is 71.0 cm³/mol. The molecule has 6 heteroatoms. The summed E-state index contributed by atoms with van der Waals surface area (Å²) in [7, 11) is 1.48. The molecule has 0 bridgehead atoms. The van der Waals surface area contributed by atoms with Gasteiger partial charge in [0.25, 0.3) is 5.91 Å². The first-order valence-electron chi connectivity index (χ1n) is 6.09. The van der Waals surface area contributed by atoms with Gasteiger partial charge in [-0.05, 0) is 30.2 Å². The van der Waals surface area contributed by atoms with Crippen molar-refractivity contribution < 1.29 is 13.9 Å². The maximum Gasteiger partial charge on any atom is 0.271 e. The van der Waals surface area contributed by atoms with Gasteiger partial charge < -0.3 is 10.1 Å². The highest BCUT2D eigenvalue weighted by atomic mass is 19.1. The molecule has 2 aromatic rings. The highest BCUT2D eigenvalue weighted by molar-refractivity contribution is 5.92. The van der Waals surface area contributed by atoms with Crippen LogP contribution in [-0.2, 0) is 6.42 Å². The Morgan fingerprint density at radius 3 is 2.55 bits per heavy atom. The van der Waals surface area contributed by atoms with E-state index in [0.717, 1.165) is 5.56 Å². The number of carbonyl (C=O) groups excluding carboxylic acids is 1. The molecule has 0 atom stereocenters. The van der Waals surface area contributed by atoms with Crippen molar-refractivity contribution in [1.29, 1.82) is 0 Å². The second-order valence-electron chi connectivity index (χ2n) is 4.09. The normalized spacial score (nSPS) is 10.1.